The van der Waals surface area contributed by atoms with Crippen LogP contribution in [0.25, 0.3) is 0 Å². The summed E-state index contributed by atoms with van der Waals surface area (Å²) in [5, 5.41) is 8.76. The van der Waals surface area contributed by atoms with Crippen LogP contribution in [0.1, 0.15) is 29.1 Å². The van der Waals surface area contributed by atoms with Crippen LogP contribution in [0.4, 0.5) is 0 Å². The number of carbonyl (C=O) groups is 1. The zero-order valence-electron chi connectivity index (χ0n) is 9.14. The number of oxazole rings is 1. The van der Waals surface area contributed by atoms with Crippen molar-refractivity contribution in [1.29, 1.82) is 5.26 Å². The van der Waals surface area contributed by atoms with Crippen molar-refractivity contribution in [2.75, 3.05) is 13.1 Å². The van der Waals surface area contributed by atoms with E-state index in [1.54, 1.807) is 11.8 Å². The lowest BCUT2D eigenvalue weighted by molar-refractivity contribution is 0.0674. The third-order valence-electron chi connectivity index (χ3n) is 2.90. The van der Waals surface area contributed by atoms with Crippen molar-refractivity contribution in [2.45, 2.75) is 19.8 Å². The largest absolute Gasteiger partial charge is 0.438 e. The molecule has 5 nitrogen and oxygen atoms in total. The Hall–Kier alpha value is -1.83. The SMILES string of the molecule is Cc1ncoc1C(=O)N1CCC(C#N)CC1. The molecular formula is C11H13N3O2. The van der Waals surface area contributed by atoms with E-state index in [0.717, 1.165) is 12.8 Å². The first-order valence-electron chi connectivity index (χ1n) is 5.31. The molecule has 0 unspecified atom stereocenters. The van der Waals surface area contributed by atoms with Crippen LogP contribution in [-0.4, -0.2) is 28.9 Å². The summed E-state index contributed by atoms with van der Waals surface area (Å²) >= 11 is 0. The molecule has 1 aliphatic heterocycles. The number of rotatable bonds is 1. The molecule has 16 heavy (non-hydrogen) atoms. The fraction of sp³-hybridized carbons (Fsp3) is 0.545. The molecule has 1 saturated heterocycles. The van der Waals surface area contributed by atoms with E-state index in [1.165, 1.54) is 6.39 Å². The molecule has 2 rings (SSSR count). The van der Waals surface area contributed by atoms with E-state index in [-0.39, 0.29) is 11.8 Å². The molecule has 1 fully saturated rings. The number of likely N-dealkylation sites (tertiary alicyclic amines) is 1. The molecule has 0 spiro atoms. The number of nitriles is 1. The zero-order valence-corrected chi connectivity index (χ0v) is 9.14. The molecule has 1 aromatic rings. The van der Waals surface area contributed by atoms with Gasteiger partial charge in [0.1, 0.15) is 0 Å². The monoisotopic (exact) mass is 219 g/mol. The zero-order chi connectivity index (χ0) is 11.5. The Kier molecular flexibility index (Phi) is 2.91. The Morgan fingerprint density at radius 2 is 2.31 bits per heavy atom. The summed E-state index contributed by atoms with van der Waals surface area (Å²) in [6.45, 7) is 2.99. The van der Waals surface area contributed by atoms with Gasteiger partial charge in [-0.25, -0.2) is 4.98 Å². The van der Waals surface area contributed by atoms with Gasteiger partial charge in [0.05, 0.1) is 11.8 Å². The molecule has 84 valence electrons. The molecule has 0 atom stereocenters. The fourth-order valence-electron chi connectivity index (χ4n) is 1.86. The molecule has 2 heterocycles. The van der Waals surface area contributed by atoms with Crippen LogP contribution in [0, 0.1) is 24.2 Å². The summed E-state index contributed by atoms with van der Waals surface area (Å²) in [5.74, 6) is 0.279. The normalized spacial score (nSPS) is 17.1. The highest BCUT2D eigenvalue weighted by atomic mass is 16.3. The molecule has 1 amide bonds. The number of piperidine rings is 1. The minimum atomic E-state index is -0.119. The predicted octanol–water partition coefficient (Wildman–Crippen LogP) is 1.36. The summed E-state index contributed by atoms with van der Waals surface area (Å²) in [5.41, 5.74) is 0.618. The van der Waals surface area contributed by atoms with E-state index in [9.17, 15) is 4.79 Å². The molecule has 0 radical (unpaired) electrons. The van der Waals surface area contributed by atoms with Crippen LogP contribution in [0.2, 0.25) is 0 Å². The standard InChI is InChI=1S/C11H13N3O2/c1-8-10(16-7-13-8)11(15)14-4-2-9(6-12)3-5-14/h7,9H,2-5H2,1H3. The molecule has 0 aliphatic carbocycles. The molecule has 0 aromatic carbocycles. The topological polar surface area (TPSA) is 70.1 Å². The average molecular weight is 219 g/mol. The number of hydrogen-bond acceptors (Lipinski definition) is 4. The van der Waals surface area contributed by atoms with Crippen molar-refractivity contribution in [1.82, 2.24) is 9.88 Å². The highest BCUT2D eigenvalue weighted by molar-refractivity contribution is 5.92. The van der Waals surface area contributed by atoms with Crippen LogP contribution in [0.15, 0.2) is 10.8 Å². The number of hydrogen-bond donors (Lipinski definition) is 0. The number of amides is 1. The minimum Gasteiger partial charge on any atom is -0.438 e. The minimum absolute atomic E-state index is 0.0832. The second kappa shape index (κ2) is 4.35. The molecule has 0 bridgehead atoms. The second-order valence-electron chi connectivity index (χ2n) is 3.96. The maximum Gasteiger partial charge on any atom is 0.291 e. The van der Waals surface area contributed by atoms with Gasteiger partial charge in [0, 0.05) is 19.0 Å². The molecule has 1 aromatic heterocycles. The van der Waals surface area contributed by atoms with E-state index in [4.69, 9.17) is 9.68 Å². The first kappa shape index (κ1) is 10.7. The van der Waals surface area contributed by atoms with Gasteiger partial charge in [-0.3, -0.25) is 4.79 Å². The third kappa shape index (κ3) is 1.91. The highest BCUT2D eigenvalue weighted by Crippen LogP contribution is 2.19. The van der Waals surface area contributed by atoms with Crippen molar-refractivity contribution in [3.05, 3.63) is 17.8 Å². The van der Waals surface area contributed by atoms with E-state index in [1.807, 2.05) is 0 Å². The highest BCUT2D eigenvalue weighted by Gasteiger charge is 2.26. The lowest BCUT2D eigenvalue weighted by atomic mass is 9.98. The van der Waals surface area contributed by atoms with Gasteiger partial charge in [0.15, 0.2) is 6.39 Å². The van der Waals surface area contributed by atoms with Gasteiger partial charge in [-0.2, -0.15) is 5.26 Å². The Labute approximate surface area is 93.7 Å². The van der Waals surface area contributed by atoms with Gasteiger partial charge >= 0.3 is 0 Å². The van der Waals surface area contributed by atoms with Gasteiger partial charge in [-0.05, 0) is 19.8 Å². The van der Waals surface area contributed by atoms with Crippen LogP contribution in [0.3, 0.4) is 0 Å². The maximum absolute atomic E-state index is 12.0. The van der Waals surface area contributed by atoms with Crippen molar-refractivity contribution >= 4 is 5.91 Å². The summed E-state index contributed by atoms with van der Waals surface area (Å²) in [7, 11) is 0. The van der Waals surface area contributed by atoms with E-state index in [0.29, 0.717) is 24.5 Å². The first-order chi connectivity index (χ1) is 7.72. The van der Waals surface area contributed by atoms with Crippen molar-refractivity contribution < 1.29 is 9.21 Å². The summed E-state index contributed by atoms with van der Waals surface area (Å²) < 4.78 is 5.07. The molecular weight excluding hydrogens is 206 g/mol. The van der Waals surface area contributed by atoms with Crippen LogP contribution in [-0.2, 0) is 0 Å². The first-order valence-corrected chi connectivity index (χ1v) is 5.31. The molecule has 1 aliphatic rings. The number of aromatic nitrogens is 1. The summed E-state index contributed by atoms with van der Waals surface area (Å²) in [4.78, 5) is 17.6. The Bertz CT molecular complexity index is 425. The molecule has 5 heteroatoms. The van der Waals surface area contributed by atoms with Crippen LogP contribution in [0.5, 0.6) is 0 Å². The fourth-order valence-corrected chi connectivity index (χ4v) is 1.86. The second-order valence-corrected chi connectivity index (χ2v) is 3.96. The van der Waals surface area contributed by atoms with Crippen molar-refractivity contribution in [3.8, 4) is 6.07 Å². The number of aryl methyl sites for hydroxylation is 1. The molecule has 0 N–H and O–H groups in total. The Morgan fingerprint density at radius 1 is 1.62 bits per heavy atom. The Balaban J connectivity index is 2.03. The van der Waals surface area contributed by atoms with E-state index in [2.05, 4.69) is 11.1 Å². The van der Waals surface area contributed by atoms with E-state index >= 15 is 0 Å². The van der Waals surface area contributed by atoms with Gasteiger partial charge in [0.25, 0.3) is 5.91 Å². The quantitative estimate of drug-likeness (QED) is 0.715. The van der Waals surface area contributed by atoms with E-state index < -0.39 is 0 Å². The lowest BCUT2D eigenvalue weighted by Gasteiger charge is -2.28. The smallest absolute Gasteiger partial charge is 0.291 e. The van der Waals surface area contributed by atoms with Crippen LogP contribution < -0.4 is 0 Å². The average Bonchev–Trinajstić information content (AvgIpc) is 2.75. The number of carbonyl (C=O) groups excluding carboxylic acids is 1. The molecule has 0 saturated carbocycles. The summed E-state index contributed by atoms with van der Waals surface area (Å²) in [6, 6.07) is 2.24. The van der Waals surface area contributed by atoms with Crippen molar-refractivity contribution in [3.63, 3.8) is 0 Å². The number of nitrogens with zero attached hydrogens (tertiary/aromatic N) is 3. The van der Waals surface area contributed by atoms with Gasteiger partial charge < -0.3 is 9.32 Å². The van der Waals surface area contributed by atoms with Gasteiger partial charge in [0.2, 0.25) is 5.76 Å². The third-order valence-corrected chi connectivity index (χ3v) is 2.90. The van der Waals surface area contributed by atoms with Gasteiger partial charge in [-0.15, -0.1) is 0 Å². The van der Waals surface area contributed by atoms with Crippen LogP contribution >= 0.6 is 0 Å². The predicted molar refractivity (Wildman–Crippen MR) is 55.5 cm³/mol. The van der Waals surface area contributed by atoms with Crippen molar-refractivity contribution in [2.24, 2.45) is 5.92 Å². The maximum atomic E-state index is 12.0. The summed E-state index contributed by atoms with van der Waals surface area (Å²) in [6.07, 6.45) is 2.77. The lowest BCUT2D eigenvalue weighted by Crippen LogP contribution is -2.38. The Morgan fingerprint density at radius 3 is 2.81 bits per heavy atom. The van der Waals surface area contributed by atoms with Gasteiger partial charge in [-0.1, -0.05) is 0 Å².